The van der Waals surface area contributed by atoms with Crippen LogP contribution in [0.15, 0.2) is 30.3 Å². The molecule has 2 aromatic rings. The summed E-state index contributed by atoms with van der Waals surface area (Å²) in [5.74, 6) is -0.688. The minimum atomic E-state index is -0.631. The van der Waals surface area contributed by atoms with E-state index in [1.807, 2.05) is 51.1 Å². The molecule has 0 spiro atoms. The molecule has 0 bridgehead atoms. The van der Waals surface area contributed by atoms with E-state index in [0.717, 1.165) is 10.6 Å². The summed E-state index contributed by atoms with van der Waals surface area (Å²) >= 11 is 1.34. The Bertz CT molecular complexity index is 725. The summed E-state index contributed by atoms with van der Waals surface area (Å²) in [6.07, 6.45) is 0. The Balaban J connectivity index is 2.41. The van der Waals surface area contributed by atoms with Crippen LogP contribution in [0, 0.1) is 12.8 Å². The Kier molecular flexibility index (Phi) is 5.72. The number of benzene rings is 1. The molecule has 0 fully saturated rings. The molecule has 0 aliphatic heterocycles. The third kappa shape index (κ3) is 3.64. The van der Waals surface area contributed by atoms with Crippen LogP contribution >= 0.6 is 11.3 Å². The number of hydrogen-bond acceptors (Lipinski definition) is 5. The minimum absolute atomic E-state index is 0.0550. The van der Waals surface area contributed by atoms with E-state index in [1.54, 1.807) is 7.05 Å². The third-order valence-electron chi connectivity index (χ3n) is 3.79. The number of carbonyl (C=O) groups excluding carboxylic acids is 2. The maximum Gasteiger partial charge on any atom is 0.328 e. The largest absolute Gasteiger partial charge is 0.467 e. The lowest BCUT2D eigenvalue weighted by Crippen LogP contribution is -2.46. The summed E-state index contributed by atoms with van der Waals surface area (Å²) in [5, 5.41) is 0.810. The lowest BCUT2D eigenvalue weighted by atomic mass is 10.0. The normalized spacial score (nSPS) is 12.1. The van der Waals surface area contributed by atoms with E-state index in [1.165, 1.54) is 23.3 Å². The number of nitrogens with zero attached hydrogens (tertiary/aromatic N) is 2. The second-order valence-electron chi connectivity index (χ2n) is 5.90. The number of amides is 1. The highest BCUT2D eigenvalue weighted by atomic mass is 32.1. The Morgan fingerprint density at radius 1 is 1.21 bits per heavy atom. The second-order valence-corrected chi connectivity index (χ2v) is 7.11. The summed E-state index contributed by atoms with van der Waals surface area (Å²) < 4.78 is 4.86. The van der Waals surface area contributed by atoms with Crippen LogP contribution < -0.4 is 0 Å². The molecule has 1 amide bonds. The van der Waals surface area contributed by atoms with E-state index < -0.39 is 12.0 Å². The average molecular weight is 346 g/mol. The zero-order chi connectivity index (χ0) is 17.9. The van der Waals surface area contributed by atoms with Crippen molar-refractivity contribution >= 4 is 23.2 Å². The molecule has 1 aromatic heterocycles. The number of esters is 1. The quantitative estimate of drug-likeness (QED) is 0.779. The number of likely N-dealkylation sites (N-methyl/N-ethyl adjacent to an activating group) is 1. The molecule has 0 unspecified atom stereocenters. The Hall–Kier alpha value is -2.21. The lowest BCUT2D eigenvalue weighted by Gasteiger charge is -2.28. The van der Waals surface area contributed by atoms with Crippen LogP contribution in [0.25, 0.3) is 11.3 Å². The summed E-state index contributed by atoms with van der Waals surface area (Å²) in [7, 11) is 2.97. The summed E-state index contributed by atoms with van der Waals surface area (Å²) in [6.45, 7) is 5.65. The maximum atomic E-state index is 13.0. The van der Waals surface area contributed by atoms with Crippen molar-refractivity contribution in [3.63, 3.8) is 0 Å². The molecule has 0 aliphatic carbocycles. The van der Waals surface area contributed by atoms with Crippen LogP contribution in [-0.4, -0.2) is 42.0 Å². The van der Waals surface area contributed by atoms with Crippen molar-refractivity contribution in [2.45, 2.75) is 26.8 Å². The second kappa shape index (κ2) is 7.57. The average Bonchev–Trinajstić information content (AvgIpc) is 2.96. The minimum Gasteiger partial charge on any atom is -0.467 e. The standard InChI is InChI=1S/C18H22N2O3S/c1-11(2)15(18(22)23-5)20(4)17(21)16-14(19-12(3)24-16)13-9-7-6-8-10-13/h6-11,15H,1-5H3/t15-/m0/s1. The fraction of sp³-hybridized carbons (Fsp3) is 0.389. The van der Waals surface area contributed by atoms with Gasteiger partial charge in [0.2, 0.25) is 0 Å². The first-order valence-corrected chi connectivity index (χ1v) is 8.56. The highest BCUT2D eigenvalue weighted by Gasteiger charge is 2.33. The first-order chi connectivity index (χ1) is 11.4. The van der Waals surface area contributed by atoms with Gasteiger partial charge >= 0.3 is 5.97 Å². The number of methoxy groups -OCH3 is 1. The van der Waals surface area contributed by atoms with E-state index in [0.29, 0.717) is 10.6 Å². The van der Waals surface area contributed by atoms with Gasteiger partial charge in [-0.15, -0.1) is 11.3 Å². The van der Waals surface area contributed by atoms with Crippen molar-refractivity contribution in [2.24, 2.45) is 5.92 Å². The topological polar surface area (TPSA) is 59.5 Å². The monoisotopic (exact) mass is 346 g/mol. The highest BCUT2D eigenvalue weighted by Crippen LogP contribution is 2.30. The van der Waals surface area contributed by atoms with Gasteiger partial charge < -0.3 is 9.64 Å². The molecule has 0 N–H and O–H groups in total. The number of aromatic nitrogens is 1. The van der Waals surface area contributed by atoms with Gasteiger partial charge in [-0.25, -0.2) is 9.78 Å². The first kappa shape index (κ1) is 18.1. The maximum absolute atomic E-state index is 13.0. The van der Waals surface area contributed by atoms with Gasteiger partial charge in [0.05, 0.1) is 17.8 Å². The number of carbonyl (C=O) groups is 2. The molecule has 1 heterocycles. The number of ether oxygens (including phenoxy) is 1. The van der Waals surface area contributed by atoms with Crippen LogP contribution in [-0.2, 0) is 9.53 Å². The van der Waals surface area contributed by atoms with Gasteiger partial charge in [-0.2, -0.15) is 0 Å². The molecule has 24 heavy (non-hydrogen) atoms. The fourth-order valence-electron chi connectivity index (χ4n) is 2.65. The van der Waals surface area contributed by atoms with Crippen LogP contribution in [0.4, 0.5) is 0 Å². The molecule has 0 saturated heterocycles. The van der Waals surface area contributed by atoms with Gasteiger partial charge in [0.25, 0.3) is 5.91 Å². The fourth-order valence-corrected chi connectivity index (χ4v) is 3.57. The molecule has 6 heteroatoms. The number of aryl methyl sites for hydroxylation is 1. The summed E-state index contributed by atoms with van der Waals surface area (Å²) in [4.78, 5) is 31.6. The molecule has 0 radical (unpaired) electrons. The molecule has 1 atom stereocenters. The van der Waals surface area contributed by atoms with Gasteiger partial charge in [-0.3, -0.25) is 4.79 Å². The Morgan fingerprint density at radius 2 is 1.83 bits per heavy atom. The van der Waals surface area contributed by atoms with Crippen molar-refractivity contribution in [3.8, 4) is 11.3 Å². The van der Waals surface area contributed by atoms with Crippen molar-refractivity contribution in [3.05, 3.63) is 40.2 Å². The Morgan fingerprint density at radius 3 is 2.38 bits per heavy atom. The molecule has 0 aliphatic rings. The third-order valence-corrected chi connectivity index (χ3v) is 4.75. The smallest absolute Gasteiger partial charge is 0.328 e. The van der Waals surface area contributed by atoms with E-state index in [9.17, 15) is 9.59 Å². The van der Waals surface area contributed by atoms with E-state index in [4.69, 9.17) is 4.74 Å². The van der Waals surface area contributed by atoms with Gasteiger partial charge in [0.1, 0.15) is 10.9 Å². The number of rotatable bonds is 5. The van der Waals surface area contributed by atoms with Gasteiger partial charge in [0, 0.05) is 12.6 Å². The predicted molar refractivity (Wildman–Crippen MR) is 95.0 cm³/mol. The highest BCUT2D eigenvalue weighted by molar-refractivity contribution is 7.14. The molecular formula is C18H22N2O3S. The van der Waals surface area contributed by atoms with E-state index in [-0.39, 0.29) is 11.8 Å². The SMILES string of the molecule is COC(=O)[C@H](C(C)C)N(C)C(=O)c1sc(C)nc1-c1ccccc1. The van der Waals surface area contributed by atoms with Crippen molar-refractivity contribution < 1.29 is 14.3 Å². The van der Waals surface area contributed by atoms with Crippen molar-refractivity contribution in [1.82, 2.24) is 9.88 Å². The number of thiazole rings is 1. The van der Waals surface area contributed by atoms with Crippen LogP contribution in [0.3, 0.4) is 0 Å². The first-order valence-electron chi connectivity index (χ1n) is 7.74. The van der Waals surface area contributed by atoms with Crippen LogP contribution in [0.5, 0.6) is 0 Å². The molecular weight excluding hydrogens is 324 g/mol. The van der Waals surface area contributed by atoms with Crippen LogP contribution in [0.1, 0.15) is 28.5 Å². The van der Waals surface area contributed by atoms with E-state index >= 15 is 0 Å². The van der Waals surface area contributed by atoms with Crippen molar-refractivity contribution in [2.75, 3.05) is 14.2 Å². The molecule has 0 saturated carbocycles. The zero-order valence-electron chi connectivity index (χ0n) is 14.6. The summed E-state index contributed by atoms with van der Waals surface area (Å²) in [6, 6.07) is 8.95. The van der Waals surface area contributed by atoms with Crippen molar-refractivity contribution in [1.29, 1.82) is 0 Å². The predicted octanol–water partition coefficient (Wildman–Crippen LogP) is 3.39. The van der Waals surface area contributed by atoms with Gasteiger partial charge in [-0.1, -0.05) is 44.2 Å². The number of hydrogen-bond donors (Lipinski definition) is 0. The Labute approximate surface area is 146 Å². The van der Waals surface area contributed by atoms with Gasteiger partial charge in [0.15, 0.2) is 0 Å². The molecule has 5 nitrogen and oxygen atoms in total. The summed E-state index contributed by atoms with van der Waals surface area (Å²) in [5.41, 5.74) is 1.54. The molecule has 128 valence electrons. The molecule has 1 aromatic carbocycles. The lowest BCUT2D eigenvalue weighted by molar-refractivity contribution is -0.147. The van der Waals surface area contributed by atoms with Crippen LogP contribution in [0.2, 0.25) is 0 Å². The van der Waals surface area contributed by atoms with E-state index in [2.05, 4.69) is 4.98 Å². The molecule has 2 rings (SSSR count). The van der Waals surface area contributed by atoms with Gasteiger partial charge in [-0.05, 0) is 12.8 Å². The zero-order valence-corrected chi connectivity index (χ0v) is 15.4.